The average Bonchev–Trinajstić information content (AvgIpc) is 2.59. The van der Waals surface area contributed by atoms with Gasteiger partial charge in [0, 0.05) is 24.6 Å². The van der Waals surface area contributed by atoms with Gasteiger partial charge in [0.2, 0.25) is 0 Å². The second-order valence-corrected chi connectivity index (χ2v) is 4.35. The van der Waals surface area contributed by atoms with Crippen molar-refractivity contribution in [1.82, 2.24) is 10.3 Å². The number of ether oxygens (including phenoxy) is 1. The molecule has 1 heterocycles. The minimum atomic E-state index is 0.509. The first kappa shape index (κ1) is 11.6. The lowest BCUT2D eigenvalue weighted by Crippen LogP contribution is -2.21. The van der Waals surface area contributed by atoms with E-state index in [-0.39, 0.29) is 0 Å². The van der Waals surface area contributed by atoms with Gasteiger partial charge in [0.1, 0.15) is 5.01 Å². The molecule has 0 amide bonds. The van der Waals surface area contributed by atoms with Gasteiger partial charge < -0.3 is 10.1 Å². The van der Waals surface area contributed by atoms with Crippen LogP contribution >= 0.6 is 11.3 Å². The smallest absolute Gasteiger partial charge is 0.107 e. The zero-order valence-electron chi connectivity index (χ0n) is 9.04. The first-order valence-corrected chi connectivity index (χ1v) is 5.84. The Labute approximate surface area is 89.5 Å². The first-order chi connectivity index (χ1) is 6.72. The van der Waals surface area contributed by atoms with E-state index in [1.165, 1.54) is 0 Å². The number of aromatic nitrogens is 1. The summed E-state index contributed by atoms with van der Waals surface area (Å²) in [4.78, 5) is 4.45. The van der Waals surface area contributed by atoms with Gasteiger partial charge in [-0.3, -0.25) is 0 Å². The Kier molecular flexibility index (Phi) is 5.07. The van der Waals surface area contributed by atoms with E-state index in [0.29, 0.717) is 12.6 Å². The molecule has 1 rings (SSSR count). The maximum absolute atomic E-state index is 5.28. The maximum atomic E-state index is 5.28. The molecule has 80 valence electrons. The fourth-order valence-electron chi connectivity index (χ4n) is 0.994. The lowest BCUT2D eigenvalue weighted by atomic mass is 10.4. The van der Waals surface area contributed by atoms with Crippen LogP contribution in [0.1, 0.15) is 31.5 Å². The molecular formula is C10H18N2OS. The van der Waals surface area contributed by atoms with Gasteiger partial charge in [-0.05, 0) is 6.92 Å². The predicted molar refractivity (Wildman–Crippen MR) is 59.4 cm³/mol. The molecule has 0 fully saturated rings. The molecule has 1 N–H and O–H groups in total. The van der Waals surface area contributed by atoms with Crippen LogP contribution in [0.3, 0.4) is 0 Å². The van der Waals surface area contributed by atoms with Crippen molar-refractivity contribution in [3.63, 3.8) is 0 Å². The van der Waals surface area contributed by atoms with Gasteiger partial charge in [-0.2, -0.15) is 0 Å². The van der Waals surface area contributed by atoms with Gasteiger partial charge in [0.05, 0.1) is 12.3 Å². The fraction of sp³-hybridized carbons (Fsp3) is 0.700. The lowest BCUT2D eigenvalue weighted by molar-refractivity contribution is 0.131. The molecule has 0 atom stereocenters. The largest absolute Gasteiger partial charge is 0.375 e. The van der Waals surface area contributed by atoms with Crippen LogP contribution in [-0.4, -0.2) is 17.6 Å². The number of nitrogens with zero attached hydrogens (tertiary/aromatic N) is 1. The van der Waals surface area contributed by atoms with E-state index >= 15 is 0 Å². The molecule has 0 aliphatic heterocycles. The van der Waals surface area contributed by atoms with Crippen LogP contribution in [0, 0.1) is 0 Å². The summed E-state index contributed by atoms with van der Waals surface area (Å²) in [5, 5.41) is 6.53. The van der Waals surface area contributed by atoms with Crippen LogP contribution in [0.5, 0.6) is 0 Å². The molecule has 1 aromatic heterocycles. The Balaban J connectivity index is 2.35. The number of hydrogen-bond acceptors (Lipinski definition) is 4. The predicted octanol–water partition coefficient (Wildman–Crippen LogP) is 2.18. The van der Waals surface area contributed by atoms with E-state index < -0.39 is 0 Å². The zero-order valence-corrected chi connectivity index (χ0v) is 9.86. The topological polar surface area (TPSA) is 34.1 Å². The minimum Gasteiger partial charge on any atom is -0.375 e. The van der Waals surface area contributed by atoms with Gasteiger partial charge >= 0.3 is 0 Å². The van der Waals surface area contributed by atoms with Crippen molar-refractivity contribution in [2.45, 2.75) is 40.0 Å². The van der Waals surface area contributed by atoms with Crippen molar-refractivity contribution >= 4 is 11.3 Å². The molecule has 0 unspecified atom stereocenters. The summed E-state index contributed by atoms with van der Waals surface area (Å²) < 4.78 is 5.28. The van der Waals surface area contributed by atoms with Gasteiger partial charge in [0.25, 0.3) is 0 Å². The van der Waals surface area contributed by atoms with Crippen molar-refractivity contribution in [3.8, 4) is 0 Å². The summed E-state index contributed by atoms with van der Waals surface area (Å²) in [6, 6.07) is 0.509. The molecule has 0 aliphatic carbocycles. The van der Waals surface area contributed by atoms with Gasteiger partial charge in [-0.15, -0.1) is 11.3 Å². The molecule has 4 heteroatoms. The zero-order chi connectivity index (χ0) is 10.4. The minimum absolute atomic E-state index is 0.509. The first-order valence-electron chi connectivity index (χ1n) is 4.96. The molecule has 0 aromatic carbocycles. The van der Waals surface area contributed by atoms with E-state index in [0.717, 1.165) is 23.9 Å². The molecule has 0 aliphatic rings. The third kappa shape index (κ3) is 4.17. The molecule has 0 bridgehead atoms. The number of thiazole rings is 1. The fourth-order valence-corrected chi connectivity index (χ4v) is 1.72. The summed E-state index contributed by atoms with van der Waals surface area (Å²) >= 11 is 1.69. The highest BCUT2D eigenvalue weighted by Gasteiger charge is 2.02. The monoisotopic (exact) mass is 214 g/mol. The Morgan fingerprint density at radius 3 is 3.00 bits per heavy atom. The average molecular weight is 214 g/mol. The van der Waals surface area contributed by atoms with E-state index in [1.807, 2.05) is 6.92 Å². The van der Waals surface area contributed by atoms with Crippen LogP contribution in [0.25, 0.3) is 0 Å². The summed E-state index contributed by atoms with van der Waals surface area (Å²) in [7, 11) is 0. The Bertz CT molecular complexity index is 260. The van der Waals surface area contributed by atoms with Crippen LogP contribution in [0.4, 0.5) is 0 Å². The van der Waals surface area contributed by atoms with Gasteiger partial charge in [0.15, 0.2) is 0 Å². The number of hydrogen-bond donors (Lipinski definition) is 1. The van der Waals surface area contributed by atoms with Crippen molar-refractivity contribution < 1.29 is 4.74 Å². The molecule has 3 nitrogen and oxygen atoms in total. The van der Waals surface area contributed by atoms with Crippen molar-refractivity contribution in [3.05, 3.63) is 16.1 Å². The third-order valence-electron chi connectivity index (χ3n) is 1.71. The standard InChI is InChI=1S/C10H18N2OS/c1-4-13-6-9-7-14-10(12-9)5-11-8(2)3/h7-8,11H,4-6H2,1-3H3. The number of rotatable bonds is 6. The van der Waals surface area contributed by atoms with Crippen LogP contribution < -0.4 is 5.32 Å². The highest BCUT2D eigenvalue weighted by Crippen LogP contribution is 2.10. The van der Waals surface area contributed by atoms with Crippen LogP contribution in [0.2, 0.25) is 0 Å². The molecular weight excluding hydrogens is 196 g/mol. The maximum Gasteiger partial charge on any atom is 0.107 e. The molecule has 0 radical (unpaired) electrons. The summed E-state index contributed by atoms with van der Waals surface area (Å²) in [5.74, 6) is 0. The summed E-state index contributed by atoms with van der Waals surface area (Å²) in [5.41, 5.74) is 1.04. The normalized spacial score (nSPS) is 11.1. The summed E-state index contributed by atoms with van der Waals surface area (Å²) in [6.07, 6.45) is 0. The molecule has 0 saturated carbocycles. The van der Waals surface area contributed by atoms with E-state index in [9.17, 15) is 0 Å². The molecule has 1 aromatic rings. The van der Waals surface area contributed by atoms with E-state index in [1.54, 1.807) is 11.3 Å². The third-order valence-corrected chi connectivity index (χ3v) is 2.61. The second-order valence-electron chi connectivity index (χ2n) is 3.41. The number of nitrogens with one attached hydrogen (secondary N) is 1. The highest BCUT2D eigenvalue weighted by atomic mass is 32.1. The van der Waals surface area contributed by atoms with Crippen molar-refractivity contribution in [2.24, 2.45) is 0 Å². The second kappa shape index (κ2) is 6.11. The lowest BCUT2D eigenvalue weighted by Gasteiger charge is -2.04. The Morgan fingerprint density at radius 2 is 2.36 bits per heavy atom. The summed E-state index contributed by atoms with van der Waals surface area (Å²) in [6.45, 7) is 8.50. The molecule has 0 spiro atoms. The highest BCUT2D eigenvalue weighted by molar-refractivity contribution is 7.09. The van der Waals surface area contributed by atoms with Crippen LogP contribution in [-0.2, 0) is 17.9 Å². The SMILES string of the molecule is CCOCc1csc(CNC(C)C)n1. The van der Waals surface area contributed by atoms with Crippen molar-refractivity contribution in [1.29, 1.82) is 0 Å². The van der Waals surface area contributed by atoms with Gasteiger partial charge in [-0.25, -0.2) is 4.98 Å². The Morgan fingerprint density at radius 1 is 1.57 bits per heavy atom. The molecule has 0 saturated heterocycles. The van der Waals surface area contributed by atoms with E-state index in [4.69, 9.17) is 4.74 Å². The van der Waals surface area contributed by atoms with Gasteiger partial charge in [-0.1, -0.05) is 13.8 Å². The van der Waals surface area contributed by atoms with Crippen LogP contribution in [0.15, 0.2) is 5.38 Å². The van der Waals surface area contributed by atoms with E-state index in [2.05, 4.69) is 29.5 Å². The quantitative estimate of drug-likeness (QED) is 0.788. The Hall–Kier alpha value is -0.450. The van der Waals surface area contributed by atoms with Crippen molar-refractivity contribution in [2.75, 3.05) is 6.61 Å². The molecule has 14 heavy (non-hydrogen) atoms.